The number of piperidine rings is 3. The molecule has 1 unspecified atom stereocenters. The Labute approximate surface area is 95.3 Å². The van der Waals surface area contributed by atoms with Crippen molar-refractivity contribution in [3.8, 4) is 0 Å². The average Bonchev–Trinajstić information content (AvgIpc) is 2.84. The van der Waals surface area contributed by atoms with E-state index in [4.69, 9.17) is 0 Å². The first-order chi connectivity index (χ1) is 7.83. The Morgan fingerprint density at radius 3 is 2.75 bits per heavy atom. The van der Waals surface area contributed by atoms with E-state index in [0.29, 0.717) is 12.3 Å². The lowest BCUT2D eigenvalue weighted by Crippen LogP contribution is -2.48. The number of imidazole rings is 1. The zero-order valence-electron chi connectivity index (χ0n) is 9.38. The Morgan fingerprint density at radius 1 is 1.38 bits per heavy atom. The van der Waals surface area contributed by atoms with Crippen molar-refractivity contribution in [1.82, 2.24) is 14.5 Å². The predicted octanol–water partition coefficient (Wildman–Crippen LogP) is 1.26. The van der Waals surface area contributed by atoms with Crippen LogP contribution in [-0.2, 0) is 0 Å². The van der Waals surface area contributed by atoms with Gasteiger partial charge in [-0.2, -0.15) is 0 Å². The minimum absolute atomic E-state index is 0.191. The smallest absolute Gasteiger partial charge is 0.232 e. The quantitative estimate of drug-likeness (QED) is 0.751. The summed E-state index contributed by atoms with van der Waals surface area (Å²) in [6, 6.07) is 0. The molecule has 1 aromatic rings. The van der Waals surface area contributed by atoms with Gasteiger partial charge in [0.1, 0.15) is 6.33 Å². The maximum absolute atomic E-state index is 12.0. The maximum Gasteiger partial charge on any atom is 0.232 e. The summed E-state index contributed by atoms with van der Waals surface area (Å²) in [5.74, 6) is 1.53. The molecule has 3 fully saturated rings. The second-order valence-electron chi connectivity index (χ2n) is 4.97. The maximum atomic E-state index is 12.0. The molecule has 0 spiro atoms. The van der Waals surface area contributed by atoms with Crippen molar-refractivity contribution in [3.63, 3.8) is 0 Å². The number of hydrogen-bond donors (Lipinski definition) is 0. The van der Waals surface area contributed by atoms with Gasteiger partial charge in [-0.05, 0) is 37.8 Å². The molecule has 16 heavy (non-hydrogen) atoms. The van der Waals surface area contributed by atoms with E-state index >= 15 is 0 Å². The van der Waals surface area contributed by atoms with Gasteiger partial charge < -0.3 is 4.90 Å². The SMILES string of the molecule is O=C(CC1CN2CCC1CC2)n1ccnc1. The monoisotopic (exact) mass is 219 g/mol. The molecule has 0 radical (unpaired) electrons. The molecule has 2 bridgehead atoms. The van der Waals surface area contributed by atoms with Crippen LogP contribution in [0.4, 0.5) is 0 Å². The van der Waals surface area contributed by atoms with Crippen molar-refractivity contribution in [2.75, 3.05) is 19.6 Å². The number of carbonyl (C=O) groups excluding carboxylic acids is 1. The Morgan fingerprint density at radius 2 is 2.19 bits per heavy atom. The summed E-state index contributed by atoms with van der Waals surface area (Å²) >= 11 is 0. The summed E-state index contributed by atoms with van der Waals surface area (Å²) < 4.78 is 1.61. The van der Waals surface area contributed by atoms with E-state index in [0.717, 1.165) is 12.5 Å². The lowest BCUT2D eigenvalue weighted by molar-refractivity contribution is 0.0413. The van der Waals surface area contributed by atoms with E-state index in [2.05, 4.69) is 9.88 Å². The highest BCUT2D eigenvalue weighted by Crippen LogP contribution is 2.34. The predicted molar refractivity (Wildman–Crippen MR) is 60.1 cm³/mol. The van der Waals surface area contributed by atoms with Gasteiger partial charge in [0, 0.05) is 25.4 Å². The van der Waals surface area contributed by atoms with E-state index in [-0.39, 0.29) is 5.91 Å². The van der Waals surface area contributed by atoms with Crippen LogP contribution >= 0.6 is 0 Å². The molecule has 1 aromatic heterocycles. The van der Waals surface area contributed by atoms with Crippen molar-refractivity contribution < 1.29 is 4.79 Å². The molecule has 3 saturated heterocycles. The van der Waals surface area contributed by atoms with Crippen LogP contribution < -0.4 is 0 Å². The van der Waals surface area contributed by atoms with Crippen LogP contribution in [0.1, 0.15) is 24.1 Å². The lowest BCUT2D eigenvalue weighted by atomic mass is 9.77. The molecule has 0 aliphatic carbocycles. The summed E-state index contributed by atoms with van der Waals surface area (Å²) in [4.78, 5) is 18.4. The van der Waals surface area contributed by atoms with E-state index in [9.17, 15) is 4.79 Å². The number of aromatic nitrogens is 2. The van der Waals surface area contributed by atoms with Crippen LogP contribution in [0.15, 0.2) is 18.7 Å². The molecule has 4 rings (SSSR count). The van der Waals surface area contributed by atoms with Gasteiger partial charge >= 0.3 is 0 Å². The van der Waals surface area contributed by atoms with Gasteiger partial charge in [0.15, 0.2) is 0 Å². The Bertz CT molecular complexity index is 366. The molecular formula is C12H17N3O. The minimum atomic E-state index is 0.191. The Hall–Kier alpha value is -1.16. The van der Waals surface area contributed by atoms with E-state index in [1.54, 1.807) is 23.3 Å². The second kappa shape index (κ2) is 4.01. The second-order valence-corrected chi connectivity index (χ2v) is 4.97. The molecule has 4 nitrogen and oxygen atoms in total. The summed E-state index contributed by atoms with van der Waals surface area (Å²) in [7, 11) is 0. The van der Waals surface area contributed by atoms with E-state index < -0.39 is 0 Å². The van der Waals surface area contributed by atoms with Crippen LogP contribution in [0, 0.1) is 11.8 Å². The molecule has 0 N–H and O–H groups in total. The third kappa shape index (κ3) is 1.78. The minimum Gasteiger partial charge on any atom is -0.303 e. The highest BCUT2D eigenvalue weighted by atomic mass is 16.2. The topological polar surface area (TPSA) is 38.1 Å². The molecular weight excluding hydrogens is 202 g/mol. The Kier molecular flexibility index (Phi) is 2.52. The number of nitrogens with zero attached hydrogens (tertiary/aromatic N) is 3. The summed E-state index contributed by atoms with van der Waals surface area (Å²) in [5, 5.41) is 0. The van der Waals surface area contributed by atoms with Crippen LogP contribution in [0.3, 0.4) is 0 Å². The molecule has 4 heterocycles. The van der Waals surface area contributed by atoms with Crippen molar-refractivity contribution in [2.45, 2.75) is 19.3 Å². The number of hydrogen-bond acceptors (Lipinski definition) is 3. The Balaban J connectivity index is 1.65. The molecule has 3 aliphatic heterocycles. The van der Waals surface area contributed by atoms with Gasteiger partial charge in [0.05, 0.1) is 0 Å². The molecule has 1 atom stereocenters. The first kappa shape index (κ1) is 10.0. The average molecular weight is 219 g/mol. The molecule has 0 aromatic carbocycles. The number of fused-ring (bicyclic) bond motifs is 3. The van der Waals surface area contributed by atoms with Crippen LogP contribution in [-0.4, -0.2) is 40.0 Å². The fourth-order valence-electron chi connectivity index (χ4n) is 3.06. The number of rotatable bonds is 2. The fraction of sp³-hybridized carbons (Fsp3) is 0.667. The lowest BCUT2D eigenvalue weighted by Gasteiger charge is -2.44. The molecule has 4 heteroatoms. The van der Waals surface area contributed by atoms with Crippen molar-refractivity contribution >= 4 is 5.91 Å². The van der Waals surface area contributed by atoms with Gasteiger partial charge in [0.2, 0.25) is 5.91 Å². The molecule has 0 amide bonds. The fourth-order valence-corrected chi connectivity index (χ4v) is 3.06. The highest BCUT2D eigenvalue weighted by Gasteiger charge is 2.35. The van der Waals surface area contributed by atoms with Crippen LogP contribution in [0.2, 0.25) is 0 Å². The normalized spacial score (nSPS) is 32.9. The van der Waals surface area contributed by atoms with Crippen molar-refractivity contribution in [3.05, 3.63) is 18.7 Å². The molecule has 86 valence electrons. The molecule has 3 aliphatic rings. The first-order valence-corrected chi connectivity index (χ1v) is 6.06. The van der Waals surface area contributed by atoms with Crippen molar-refractivity contribution in [2.24, 2.45) is 11.8 Å². The number of carbonyl (C=O) groups is 1. The van der Waals surface area contributed by atoms with Gasteiger partial charge in [-0.1, -0.05) is 0 Å². The van der Waals surface area contributed by atoms with E-state index in [1.807, 2.05) is 0 Å². The van der Waals surface area contributed by atoms with Gasteiger partial charge in [-0.3, -0.25) is 9.36 Å². The molecule has 0 saturated carbocycles. The summed E-state index contributed by atoms with van der Waals surface area (Å²) in [5.41, 5.74) is 0. The summed E-state index contributed by atoms with van der Waals surface area (Å²) in [6.45, 7) is 3.59. The van der Waals surface area contributed by atoms with Gasteiger partial charge in [0.25, 0.3) is 0 Å². The first-order valence-electron chi connectivity index (χ1n) is 6.06. The van der Waals surface area contributed by atoms with Gasteiger partial charge in [-0.15, -0.1) is 0 Å². The van der Waals surface area contributed by atoms with Gasteiger partial charge in [-0.25, -0.2) is 4.98 Å². The zero-order valence-corrected chi connectivity index (χ0v) is 9.38. The van der Waals surface area contributed by atoms with Crippen LogP contribution in [0.5, 0.6) is 0 Å². The third-order valence-electron chi connectivity index (χ3n) is 4.02. The van der Waals surface area contributed by atoms with Crippen LogP contribution in [0.25, 0.3) is 0 Å². The largest absolute Gasteiger partial charge is 0.303 e. The van der Waals surface area contributed by atoms with E-state index in [1.165, 1.54) is 25.9 Å². The highest BCUT2D eigenvalue weighted by molar-refractivity contribution is 5.78. The summed E-state index contributed by atoms with van der Waals surface area (Å²) in [6.07, 6.45) is 8.24. The van der Waals surface area contributed by atoms with Crippen molar-refractivity contribution in [1.29, 1.82) is 0 Å². The third-order valence-corrected chi connectivity index (χ3v) is 4.02. The zero-order chi connectivity index (χ0) is 11.0. The standard InChI is InChI=1S/C12H17N3O/c16-12(15-6-3-13-9-15)7-11-8-14-4-1-10(11)2-5-14/h3,6,9-11H,1-2,4-5,7-8H2.